The lowest BCUT2D eigenvalue weighted by molar-refractivity contribution is 0.108. The molecular formula is C8H10BrNO3S. The molecule has 4 nitrogen and oxygen atoms in total. The molecule has 1 N–H and O–H groups in total. The van der Waals surface area contributed by atoms with Crippen molar-refractivity contribution < 1.29 is 13.3 Å². The predicted octanol–water partition coefficient (Wildman–Crippen LogP) is 1.29. The summed E-state index contributed by atoms with van der Waals surface area (Å²) in [6, 6.07) is 8.05. The maximum absolute atomic E-state index is 11.5. The smallest absolute Gasteiger partial charge is 0.262 e. The third-order valence-electron chi connectivity index (χ3n) is 1.40. The summed E-state index contributed by atoms with van der Waals surface area (Å²) in [7, 11) is -3.53. The Balaban J connectivity index is 2.67. The second kappa shape index (κ2) is 5.45. The summed E-state index contributed by atoms with van der Waals surface area (Å²) < 4.78 is 22.9. The molecule has 0 aliphatic rings. The molecular weight excluding hydrogens is 270 g/mol. The number of sulfonamides is 1. The molecule has 0 bridgehead atoms. The first-order chi connectivity index (χ1) is 6.67. The molecule has 0 atom stereocenters. The van der Waals surface area contributed by atoms with Crippen molar-refractivity contribution in [2.24, 2.45) is 0 Å². The number of rotatable bonds is 5. The van der Waals surface area contributed by atoms with Crippen LogP contribution in [-0.2, 0) is 14.9 Å². The van der Waals surface area contributed by atoms with E-state index in [2.05, 4.69) is 15.9 Å². The van der Waals surface area contributed by atoms with Gasteiger partial charge in [-0.1, -0.05) is 39.0 Å². The topological polar surface area (TPSA) is 55.4 Å². The van der Waals surface area contributed by atoms with Crippen molar-refractivity contribution in [2.45, 2.75) is 4.90 Å². The summed E-state index contributed by atoms with van der Waals surface area (Å²) in [5.41, 5.74) is 0. The van der Waals surface area contributed by atoms with E-state index in [1.165, 1.54) is 12.1 Å². The second-order valence-electron chi connectivity index (χ2n) is 2.44. The molecule has 1 aromatic carbocycles. The summed E-state index contributed by atoms with van der Waals surface area (Å²) in [4.78, 5) is 6.93. The highest BCUT2D eigenvalue weighted by Crippen LogP contribution is 2.06. The molecule has 14 heavy (non-hydrogen) atoms. The van der Waals surface area contributed by atoms with Gasteiger partial charge in [0.15, 0.2) is 0 Å². The molecule has 0 aliphatic heterocycles. The molecule has 0 aliphatic carbocycles. The van der Waals surface area contributed by atoms with Crippen LogP contribution in [-0.4, -0.2) is 20.4 Å². The Kier molecular flexibility index (Phi) is 4.53. The van der Waals surface area contributed by atoms with Gasteiger partial charge in [-0.05, 0) is 12.1 Å². The van der Waals surface area contributed by atoms with Gasteiger partial charge in [-0.2, -0.15) is 0 Å². The Morgan fingerprint density at radius 1 is 1.29 bits per heavy atom. The zero-order valence-corrected chi connectivity index (χ0v) is 9.71. The molecule has 0 unspecified atom stereocenters. The highest BCUT2D eigenvalue weighted by atomic mass is 79.9. The van der Waals surface area contributed by atoms with Gasteiger partial charge < -0.3 is 0 Å². The van der Waals surface area contributed by atoms with Crippen molar-refractivity contribution in [2.75, 3.05) is 11.9 Å². The van der Waals surface area contributed by atoms with Crippen molar-refractivity contribution in [3.63, 3.8) is 0 Å². The van der Waals surface area contributed by atoms with Crippen molar-refractivity contribution >= 4 is 26.0 Å². The number of benzene rings is 1. The van der Waals surface area contributed by atoms with E-state index in [1.54, 1.807) is 18.2 Å². The van der Waals surface area contributed by atoms with Gasteiger partial charge in [-0.3, -0.25) is 4.84 Å². The van der Waals surface area contributed by atoms with Gasteiger partial charge in [0.05, 0.1) is 11.5 Å². The Morgan fingerprint density at radius 2 is 1.93 bits per heavy atom. The summed E-state index contributed by atoms with van der Waals surface area (Å²) in [6.07, 6.45) is 0. The lowest BCUT2D eigenvalue weighted by atomic mass is 10.4. The molecule has 0 fully saturated rings. The quantitative estimate of drug-likeness (QED) is 0.502. The Morgan fingerprint density at radius 3 is 2.50 bits per heavy atom. The number of hydrogen-bond acceptors (Lipinski definition) is 3. The van der Waals surface area contributed by atoms with Crippen LogP contribution in [0.2, 0.25) is 0 Å². The van der Waals surface area contributed by atoms with Gasteiger partial charge >= 0.3 is 0 Å². The number of hydrogen-bond donors (Lipinski definition) is 1. The van der Waals surface area contributed by atoms with Crippen LogP contribution in [0.25, 0.3) is 0 Å². The molecule has 6 heteroatoms. The first kappa shape index (κ1) is 11.6. The average molecular weight is 280 g/mol. The Hall–Kier alpha value is -0.430. The maximum atomic E-state index is 11.5. The van der Waals surface area contributed by atoms with Crippen LogP contribution in [0.3, 0.4) is 0 Å². The van der Waals surface area contributed by atoms with Gasteiger partial charge in [0.2, 0.25) is 0 Å². The van der Waals surface area contributed by atoms with E-state index in [0.717, 1.165) is 0 Å². The second-order valence-corrected chi connectivity index (χ2v) is 4.88. The summed E-state index contributed by atoms with van der Waals surface area (Å²) in [6.45, 7) is 0.284. The Labute approximate surface area is 91.4 Å². The van der Waals surface area contributed by atoms with E-state index in [-0.39, 0.29) is 11.5 Å². The standard InChI is InChI=1S/C8H10BrNO3S/c9-6-7-13-10-14(11,12)8-4-2-1-3-5-8/h1-5,10H,6-7H2. The van der Waals surface area contributed by atoms with Gasteiger partial charge in [0, 0.05) is 5.33 Å². The molecule has 0 saturated carbocycles. The zero-order valence-electron chi connectivity index (χ0n) is 7.31. The molecule has 0 saturated heterocycles. The highest BCUT2D eigenvalue weighted by Gasteiger charge is 2.12. The largest absolute Gasteiger partial charge is 0.286 e. The fourth-order valence-corrected chi connectivity index (χ4v) is 1.82. The van der Waals surface area contributed by atoms with Crippen LogP contribution in [0, 0.1) is 0 Å². The molecule has 1 aromatic rings. The first-order valence-electron chi connectivity index (χ1n) is 3.91. The fraction of sp³-hybridized carbons (Fsp3) is 0.250. The van der Waals surface area contributed by atoms with Crippen LogP contribution in [0.15, 0.2) is 35.2 Å². The highest BCUT2D eigenvalue weighted by molar-refractivity contribution is 9.09. The lowest BCUT2D eigenvalue weighted by Gasteiger charge is -2.05. The van der Waals surface area contributed by atoms with Crippen molar-refractivity contribution in [3.8, 4) is 0 Å². The third kappa shape index (κ3) is 3.38. The van der Waals surface area contributed by atoms with E-state index >= 15 is 0 Å². The molecule has 0 aromatic heterocycles. The number of alkyl halides is 1. The fourth-order valence-electron chi connectivity index (χ4n) is 0.806. The predicted molar refractivity (Wildman–Crippen MR) is 56.5 cm³/mol. The normalized spacial score (nSPS) is 11.5. The van der Waals surface area contributed by atoms with Gasteiger partial charge in [0.25, 0.3) is 10.0 Å². The molecule has 0 heterocycles. The van der Waals surface area contributed by atoms with Gasteiger partial charge in [-0.25, -0.2) is 8.42 Å². The SMILES string of the molecule is O=S(=O)(NOCCBr)c1ccccc1. The maximum Gasteiger partial charge on any atom is 0.262 e. The van der Waals surface area contributed by atoms with Gasteiger partial charge in [0.1, 0.15) is 0 Å². The monoisotopic (exact) mass is 279 g/mol. The third-order valence-corrected chi connectivity index (χ3v) is 2.96. The molecule has 1 rings (SSSR count). The van der Waals surface area contributed by atoms with Gasteiger partial charge in [-0.15, -0.1) is 0 Å². The van der Waals surface area contributed by atoms with E-state index in [9.17, 15) is 8.42 Å². The van der Waals surface area contributed by atoms with E-state index in [0.29, 0.717) is 5.33 Å². The van der Waals surface area contributed by atoms with E-state index in [1.807, 2.05) is 4.89 Å². The molecule has 0 amide bonds. The van der Waals surface area contributed by atoms with E-state index < -0.39 is 10.0 Å². The first-order valence-corrected chi connectivity index (χ1v) is 6.52. The molecule has 0 spiro atoms. The lowest BCUT2D eigenvalue weighted by Crippen LogP contribution is -2.24. The van der Waals surface area contributed by atoms with Crippen LogP contribution in [0.4, 0.5) is 0 Å². The summed E-state index contributed by atoms with van der Waals surface area (Å²) in [5.74, 6) is 0. The number of halogens is 1. The summed E-state index contributed by atoms with van der Waals surface area (Å²) >= 11 is 3.11. The summed E-state index contributed by atoms with van der Waals surface area (Å²) in [5, 5.41) is 0.574. The minimum Gasteiger partial charge on any atom is -0.286 e. The van der Waals surface area contributed by atoms with Crippen LogP contribution >= 0.6 is 15.9 Å². The van der Waals surface area contributed by atoms with Crippen LogP contribution in [0.1, 0.15) is 0 Å². The Bertz CT molecular complexity index is 365. The minimum absolute atomic E-state index is 0.189. The van der Waals surface area contributed by atoms with Crippen LogP contribution < -0.4 is 4.89 Å². The zero-order chi connectivity index (χ0) is 10.4. The van der Waals surface area contributed by atoms with Crippen molar-refractivity contribution in [1.82, 2.24) is 4.89 Å². The molecule has 78 valence electrons. The minimum atomic E-state index is -3.53. The van der Waals surface area contributed by atoms with Crippen molar-refractivity contribution in [3.05, 3.63) is 30.3 Å². The molecule has 0 radical (unpaired) electrons. The van der Waals surface area contributed by atoms with E-state index in [4.69, 9.17) is 4.84 Å². The average Bonchev–Trinajstić information content (AvgIpc) is 2.19. The van der Waals surface area contributed by atoms with Crippen molar-refractivity contribution in [1.29, 1.82) is 0 Å². The number of nitrogens with one attached hydrogen (secondary N) is 1. The van der Waals surface area contributed by atoms with Crippen LogP contribution in [0.5, 0.6) is 0 Å².